The fourth-order valence-electron chi connectivity index (χ4n) is 1.32. The minimum Gasteiger partial charge on any atom is -0.314 e. The van der Waals surface area contributed by atoms with Gasteiger partial charge in [0, 0.05) is 23.6 Å². The van der Waals surface area contributed by atoms with Crippen molar-refractivity contribution in [1.29, 1.82) is 0 Å². The maximum absolute atomic E-state index is 11.5. The number of benzene rings is 1. The predicted molar refractivity (Wildman–Crippen MR) is 74.7 cm³/mol. The van der Waals surface area contributed by atoms with Gasteiger partial charge < -0.3 is 5.32 Å². The second-order valence-electron chi connectivity index (χ2n) is 3.53. The van der Waals surface area contributed by atoms with E-state index >= 15 is 0 Å². The van der Waals surface area contributed by atoms with Crippen LogP contribution in [0.25, 0.3) is 6.08 Å². The highest BCUT2D eigenvalue weighted by Gasteiger charge is 2.00. The van der Waals surface area contributed by atoms with Gasteiger partial charge in [-0.15, -0.1) is 0 Å². The van der Waals surface area contributed by atoms with Crippen molar-refractivity contribution in [3.05, 3.63) is 59.5 Å². The average molecular weight is 275 g/mol. The maximum Gasteiger partial charge on any atom is 0.325 e. The molecule has 5 nitrogen and oxygen atoms in total. The third kappa shape index (κ3) is 4.08. The van der Waals surface area contributed by atoms with E-state index in [1.54, 1.807) is 30.6 Å². The number of aromatic nitrogens is 2. The molecule has 1 aromatic heterocycles. The minimum atomic E-state index is -0.422. The number of halogens is 1. The molecule has 0 saturated carbocycles. The molecule has 0 fully saturated rings. The van der Waals surface area contributed by atoms with Gasteiger partial charge in [0.2, 0.25) is 5.95 Å². The van der Waals surface area contributed by atoms with Crippen molar-refractivity contribution < 1.29 is 4.79 Å². The van der Waals surface area contributed by atoms with Crippen molar-refractivity contribution in [2.24, 2.45) is 0 Å². The Bertz CT molecular complexity index is 586. The molecule has 2 rings (SSSR count). The van der Waals surface area contributed by atoms with E-state index in [9.17, 15) is 4.79 Å². The predicted octanol–water partition coefficient (Wildman–Crippen LogP) is 2.92. The SMILES string of the molecule is O=C(N/C=C/c1ccccc1Cl)Nc1ncccn1. The number of nitrogens with one attached hydrogen (secondary N) is 2. The molecule has 0 atom stereocenters. The Hall–Kier alpha value is -2.40. The first-order valence-corrected chi connectivity index (χ1v) is 5.89. The van der Waals surface area contributed by atoms with E-state index in [4.69, 9.17) is 11.6 Å². The van der Waals surface area contributed by atoms with Gasteiger partial charge in [-0.25, -0.2) is 14.8 Å². The number of anilines is 1. The number of carbonyl (C=O) groups is 1. The Kier molecular flexibility index (Phi) is 4.47. The third-order valence-corrected chi connectivity index (χ3v) is 2.52. The highest BCUT2D eigenvalue weighted by Crippen LogP contribution is 2.15. The van der Waals surface area contributed by atoms with E-state index in [1.807, 2.05) is 18.2 Å². The quantitative estimate of drug-likeness (QED) is 0.904. The van der Waals surface area contributed by atoms with Crippen molar-refractivity contribution >= 4 is 29.7 Å². The van der Waals surface area contributed by atoms with Gasteiger partial charge in [-0.05, 0) is 23.8 Å². The van der Waals surface area contributed by atoms with E-state index in [0.29, 0.717) is 5.02 Å². The highest BCUT2D eigenvalue weighted by molar-refractivity contribution is 6.32. The van der Waals surface area contributed by atoms with Gasteiger partial charge in [0.15, 0.2) is 0 Å². The van der Waals surface area contributed by atoms with Crippen LogP contribution in [0, 0.1) is 0 Å². The standard InChI is InChI=1S/C13H11ClN4O/c14-11-5-2-1-4-10(11)6-9-17-13(19)18-12-15-7-3-8-16-12/h1-9H,(H2,15,16,17,18,19)/b9-6+. The molecule has 2 amide bonds. The largest absolute Gasteiger partial charge is 0.325 e. The van der Waals surface area contributed by atoms with Crippen LogP contribution in [0.4, 0.5) is 10.7 Å². The highest BCUT2D eigenvalue weighted by atomic mass is 35.5. The van der Waals surface area contributed by atoms with Gasteiger partial charge >= 0.3 is 6.03 Å². The zero-order valence-corrected chi connectivity index (χ0v) is 10.6. The minimum absolute atomic E-state index is 0.242. The molecule has 0 unspecified atom stereocenters. The fourth-order valence-corrected chi connectivity index (χ4v) is 1.52. The van der Waals surface area contributed by atoms with Gasteiger partial charge in [0.05, 0.1) is 0 Å². The fraction of sp³-hybridized carbons (Fsp3) is 0. The summed E-state index contributed by atoms with van der Waals surface area (Å²) >= 11 is 5.97. The number of carbonyl (C=O) groups excluding carboxylic acids is 1. The molecule has 0 aliphatic carbocycles. The summed E-state index contributed by atoms with van der Waals surface area (Å²) in [5.41, 5.74) is 0.820. The van der Waals surface area contributed by atoms with Crippen molar-refractivity contribution in [3.8, 4) is 0 Å². The summed E-state index contributed by atoms with van der Waals surface area (Å²) in [5, 5.41) is 5.64. The molecule has 0 aliphatic heterocycles. The molecular formula is C13H11ClN4O. The lowest BCUT2D eigenvalue weighted by Crippen LogP contribution is -2.24. The summed E-state index contributed by atoms with van der Waals surface area (Å²) in [6.45, 7) is 0. The van der Waals surface area contributed by atoms with E-state index < -0.39 is 6.03 Å². The molecule has 19 heavy (non-hydrogen) atoms. The Morgan fingerprint density at radius 1 is 1.16 bits per heavy atom. The number of nitrogens with zero attached hydrogens (tertiary/aromatic N) is 2. The van der Waals surface area contributed by atoms with Crippen LogP contribution in [0.5, 0.6) is 0 Å². The lowest BCUT2D eigenvalue weighted by Gasteiger charge is -2.02. The van der Waals surface area contributed by atoms with Crippen molar-refractivity contribution in [1.82, 2.24) is 15.3 Å². The lowest BCUT2D eigenvalue weighted by molar-refractivity contribution is 0.255. The average Bonchev–Trinajstić information content (AvgIpc) is 2.42. The Labute approximate surface area is 115 Å². The molecule has 2 N–H and O–H groups in total. The van der Waals surface area contributed by atoms with Gasteiger partial charge in [-0.1, -0.05) is 29.8 Å². The summed E-state index contributed by atoms with van der Waals surface area (Å²) in [5.74, 6) is 0.242. The molecule has 0 spiro atoms. The lowest BCUT2D eigenvalue weighted by atomic mass is 10.2. The Balaban J connectivity index is 1.89. The molecule has 0 bridgehead atoms. The van der Waals surface area contributed by atoms with Crippen LogP contribution >= 0.6 is 11.6 Å². The van der Waals surface area contributed by atoms with Crippen LogP contribution < -0.4 is 10.6 Å². The molecule has 0 saturated heterocycles. The normalized spacial score (nSPS) is 10.4. The van der Waals surface area contributed by atoms with E-state index in [0.717, 1.165) is 5.56 Å². The number of urea groups is 1. The molecule has 2 aromatic rings. The number of hydrogen-bond acceptors (Lipinski definition) is 3. The summed E-state index contributed by atoms with van der Waals surface area (Å²) in [6.07, 6.45) is 6.29. The van der Waals surface area contributed by atoms with E-state index in [2.05, 4.69) is 20.6 Å². The van der Waals surface area contributed by atoms with Gasteiger partial charge in [-0.3, -0.25) is 5.32 Å². The smallest absolute Gasteiger partial charge is 0.314 e. The first-order chi connectivity index (χ1) is 9.25. The van der Waals surface area contributed by atoms with E-state index in [1.165, 1.54) is 6.20 Å². The molecule has 0 aliphatic rings. The second-order valence-corrected chi connectivity index (χ2v) is 3.93. The topological polar surface area (TPSA) is 66.9 Å². The van der Waals surface area contributed by atoms with E-state index in [-0.39, 0.29) is 5.95 Å². The first-order valence-electron chi connectivity index (χ1n) is 5.51. The van der Waals surface area contributed by atoms with Crippen LogP contribution in [0.1, 0.15) is 5.56 Å². The maximum atomic E-state index is 11.5. The molecule has 0 radical (unpaired) electrons. The molecule has 1 heterocycles. The first kappa shape index (κ1) is 13.0. The summed E-state index contributed by atoms with van der Waals surface area (Å²) in [6, 6.07) is 8.57. The van der Waals surface area contributed by atoms with Crippen LogP contribution in [-0.2, 0) is 0 Å². The number of rotatable bonds is 3. The zero-order valence-electron chi connectivity index (χ0n) is 9.88. The summed E-state index contributed by atoms with van der Waals surface area (Å²) in [4.78, 5) is 19.2. The van der Waals surface area contributed by atoms with Crippen LogP contribution in [0.2, 0.25) is 5.02 Å². The van der Waals surface area contributed by atoms with Gasteiger partial charge in [-0.2, -0.15) is 0 Å². The van der Waals surface area contributed by atoms with Crippen LogP contribution in [-0.4, -0.2) is 16.0 Å². The van der Waals surface area contributed by atoms with Crippen molar-refractivity contribution in [2.75, 3.05) is 5.32 Å². The molecule has 1 aromatic carbocycles. The molecule has 6 heteroatoms. The second kappa shape index (κ2) is 6.51. The van der Waals surface area contributed by atoms with Gasteiger partial charge in [0.1, 0.15) is 0 Å². The third-order valence-electron chi connectivity index (χ3n) is 2.17. The van der Waals surface area contributed by atoms with Crippen molar-refractivity contribution in [3.63, 3.8) is 0 Å². The molecule has 96 valence electrons. The monoisotopic (exact) mass is 274 g/mol. The van der Waals surface area contributed by atoms with Crippen LogP contribution in [0.15, 0.2) is 48.9 Å². The zero-order chi connectivity index (χ0) is 13.5. The summed E-state index contributed by atoms with van der Waals surface area (Å²) < 4.78 is 0. The Morgan fingerprint density at radius 3 is 2.63 bits per heavy atom. The van der Waals surface area contributed by atoms with Crippen LogP contribution in [0.3, 0.4) is 0 Å². The molecular weight excluding hydrogens is 264 g/mol. The van der Waals surface area contributed by atoms with Gasteiger partial charge in [0.25, 0.3) is 0 Å². The number of amides is 2. The van der Waals surface area contributed by atoms with Crippen molar-refractivity contribution in [2.45, 2.75) is 0 Å². The number of hydrogen-bond donors (Lipinski definition) is 2. The summed E-state index contributed by atoms with van der Waals surface area (Å²) in [7, 11) is 0. The Morgan fingerprint density at radius 2 is 1.89 bits per heavy atom.